The second kappa shape index (κ2) is 5.57. The molecule has 2 heterocycles. The van der Waals surface area contributed by atoms with Gasteiger partial charge in [-0.15, -0.1) is 0 Å². The maximum Gasteiger partial charge on any atom is 0.0641 e. The first-order chi connectivity index (χ1) is 9.02. The van der Waals surface area contributed by atoms with Crippen molar-refractivity contribution in [2.24, 2.45) is 7.05 Å². The Bertz CT molecular complexity index is 552. The van der Waals surface area contributed by atoms with Crippen molar-refractivity contribution in [3.8, 4) is 0 Å². The first-order valence-corrected chi connectivity index (χ1v) is 6.77. The highest BCUT2D eigenvalue weighted by Gasteiger charge is 2.12. The summed E-state index contributed by atoms with van der Waals surface area (Å²) in [6, 6.07) is 0.290. The standard InChI is InChI=1S/C14H23N5/c1-6-19-12(4)13(8-16-19)7-15-10(2)14-9-18(5)17-11(14)3/h8-10,15H,6-7H2,1-5H3. The van der Waals surface area contributed by atoms with Gasteiger partial charge >= 0.3 is 0 Å². The normalized spacial score (nSPS) is 12.9. The lowest BCUT2D eigenvalue weighted by molar-refractivity contribution is 0.568. The summed E-state index contributed by atoms with van der Waals surface area (Å²) < 4.78 is 3.89. The van der Waals surface area contributed by atoms with Gasteiger partial charge in [0.2, 0.25) is 0 Å². The summed E-state index contributed by atoms with van der Waals surface area (Å²) in [5.41, 5.74) is 4.84. The van der Waals surface area contributed by atoms with Crippen LogP contribution < -0.4 is 5.32 Å². The Morgan fingerprint density at radius 2 is 2.11 bits per heavy atom. The van der Waals surface area contributed by atoms with Crippen molar-refractivity contribution in [1.29, 1.82) is 0 Å². The van der Waals surface area contributed by atoms with E-state index in [1.807, 2.05) is 29.5 Å². The Morgan fingerprint density at radius 3 is 2.63 bits per heavy atom. The molecular formula is C14H23N5. The van der Waals surface area contributed by atoms with Crippen molar-refractivity contribution in [3.05, 3.63) is 34.9 Å². The monoisotopic (exact) mass is 261 g/mol. The van der Waals surface area contributed by atoms with Crippen LogP contribution in [0.3, 0.4) is 0 Å². The molecule has 2 rings (SSSR count). The van der Waals surface area contributed by atoms with E-state index in [0.717, 1.165) is 18.8 Å². The van der Waals surface area contributed by atoms with Crippen LogP contribution in [0.1, 0.15) is 42.4 Å². The van der Waals surface area contributed by atoms with E-state index in [9.17, 15) is 0 Å². The lowest BCUT2D eigenvalue weighted by Gasteiger charge is -2.13. The largest absolute Gasteiger partial charge is 0.306 e. The van der Waals surface area contributed by atoms with Crippen LogP contribution in [0.15, 0.2) is 12.4 Å². The highest BCUT2D eigenvalue weighted by molar-refractivity contribution is 5.21. The van der Waals surface area contributed by atoms with Gasteiger partial charge in [0.05, 0.1) is 11.9 Å². The van der Waals surface area contributed by atoms with Crippen molar-refractivity contribution in [2.75, 3.05) is 0 Å². The van der Waals surface area contributed by atoms with Gasteiger partial charge in [-0.05, 0) is 27.7 Å². The maximum atomic E-state index is 4.38. The van der Waals surface area contributed by atoms with Crippen molar-refractivity contribution in [1.82, 2.24) is 24.9 Å². The first-order valence-electron chi connectivity index (χ1n) is 6.77. The molecule has 2 aromatic heterocycles. The van der Waals surface area contributed by atoms with E-state index in [0.29, 0.717) is 0 Å². The van der Waals surface area contributed by atoms with Gasteiger partial charge in [0.25, 0.3) is 0 Å². The van der Waals surface area contributed by atoms with E-state index < -0.39 is 0 Å². The first kappa shape index (κ1) is 13.8. The zero-order valence-electron chi connectivity index (χ0n) is 12.4. The Labute approximate surface area is 114 Å². The molecule has 0 spiro atoms. The molecule has 0 aliphatic rings. The topological polar surface area (TPSA) is 47.7 Å². The summed E-state index contributed by atoms with van der Waals surface area (Å²) in [6.45, 7) is 10.2. The molecule has 0 bridgehead atoms. The second-order valence-corrected chi connectivity index (χ2v) is 5.02. The third-order valence-corrected chi connectivity index (χ3v) is 3.62. The summed E-state index contributed by atoms with van der Waals surface area (Å²) >= 11 is 0. The number of hydrogen-bond acceptors (Lipinski definition) is 3. The predicted molar refractivity (Wildman–Crippen MR) is 75.8 cm³/mol. The molecule has 1 N–H and O–H groups in total. The van der Waals surface area contributed by atoms with Crippen LogP contribution in [0.25, 0.3) is 0 Å². The number of aromatic nitrogens is 4. The average Bonchev–Trinajstić information content (AvgIpc) is 2.89. The van der Waals surface area contributed by atoms with E-state index in [-0.39, 0.29) is 6.04 Å². The summed E-state index contributed by atoms with van der Waals surface area (Å²) in [5.74, 6) is 0. The Balaban J connectivity index is 2.02. The molecule has 0 saturated heterocycles. The van der Waals surface area contributed by atoms with Crippen LogP contribution in [0, 0.1) is 13.8 Å². The average molecular weight is 261 g/mol. The third-order valence-electron chi connectivity index (χ3n) is 3.62. The number of aryl methyl sites for hydroxylation is 3. The van der Waals surface area contributed by atoms with Gasteiger partial charge in [-0.25, -0.2) is 0 Å². The van der Waals surface area contributed by atoms with Crippen LogP contribution >= 0.6 is 0 Å². The quantitative estimate of drug-likeness (QED) is 0.896. The molecule has 2 aromatic rings. The Morgan fingerprint density at radius 1 is 1.37 bits per heavy atom. The maximum absolute atomic E-state index is 4.38. The lowest BCUT2D eigenvalue weighted by Crippen LogP contribution is -2.18. The van der Waals surface area contributed by atoms with E-state index in [1.165, 1.54) is 16.8 Å². The van der Waals surface area contributed by atoms with Gasteiger partial charge in [0.1, 0.15) is 0 Å². The minimum Gasteiger partial charge on any atom is -0.306 e. The zero-order chi connectivity index (χ0) is 14.0. The second-order valence-electron chi connectivity index (χ2n) is 5.02. The van der Waals surface area contributed by atoms with Crippen LogP contribution in [-0.4, -0.2) is 19.6 Å². The minimum atomic E-state index is 0.290. The number of nitrogens with one attached hydrogen (secondary N) is 1. The third kappa shape index (κ3) is 2.87. The number of nitrogens with zero attached hydrogens (tertiary/aromatic N) is 4. The molecular weight excluding hydrogens is 238 g/mol. The van der Waals surface area contributed by atoms with Gasteiger partial charge < -0.3 is 5.32 Å². The number of rotatable bonds is 5. The van der Waals surface area contributed by atoms with Crippen molar-refractivity contribution in [3.63, 3.8) is 0 Å². The highest BCUT2D eigenvalue weighted by atomic mass is 15.3. The van der Waals surface area contributed by atoms with Crippen LogP contribution in [-0.2, 0) is 20.1 Å². The fourth-order valence-corrected chi connectivity index (χ4v) is 2.39. The van der Waals surface area contributed by atoms with Crippen LogP contribution in [0.2, 0.25) is 0 Å². The van der Waals surface area contributed by atoms with E-state index in [2.05, 4.69) is 42.5 Å². The summed E-state index contributed by atoms with van der Waals surface area (Å²) in [6.07, 6.45) is 4.03. The van der Waals surface area contributed by atoms with Gasteiger partial charge in [-0.3, -0.25) is 9.36 Å². The van der Waals surface area contributed by atoms with E-state index in [1.54, 1.807) is 0 Å². The van der Waals surface area contributed by atoms with Crippen molar-refractivity contribution >= 4 is 0 Å². The molecule has 104 valence electrons. The van der Waals surface area contributed by atoms with Crippen molar-refractivity contribution < 1.29 is 0 Å². The molecule has 0 aliphatic heterocycles. The van der Waals surface area contributed by atoms with Gasteiger partial charge in [-0.2, -0.15) is 10.2 Å². The molecule has 0 amide bonds. The van der Waals surface area contributed by atoms with Gasteiger partial charge in [0.15, 0.2) is 0 Å². The Hall–Kier alpha value is -1.62. The summed E-state index contributed by atoms with van der Waals surface area (Å²) in [7, 11) is 1.96. The summed E-state index contributed by atoms with van der Waals surface area (Å²) in [5, 5.41) is 12.3. The molecule has 0 saturated carbocycles. The number of hydrogen-bond donors (Lipinski definition) is 1. The van der Waals surface area contributed by atoms with E-state index in [4.69, 9.17) is 0 Å². The predicted octanol–water partition coefficient (Wildman–Crippen LogP) is 2.10. The fourth-order valence-electron chi connectivity index (χ4n) is 2.39. The molecule has 0 aliphatic carbocycles. The molecule has 0 radical (unpaired) electrons. The highest BCUT2D eigenvalue weighted by Crippen LogP contribution is 2.16. The molecule has 0 aromatic carbocycles. The van der Waals surface area contributed by atoms with Gasteiger partial charge in [-0.1, -0.05) is 0 Å². The lowest BCUT2D eigenvalue weighted by atomic mass is 10.1. The molecule has 5 nitrogen and oxygen atoms in total. The fraction of sp³-hybridized carbons (Fsp3) is 0.571. The summed E-state index contributed by atoms with van der Waals surface area (Å²) in [4.78, 5) is 0. The molecule has 5 heteroatoms. The Kier molecular flexibility index (Phi) is 4.04. The molecule has 19 heavy (non-hydrogen) atoms. The van der Waals surface area contributed by atoms with Gasteiger partial charge in [0, 0.05) is 49.2 Å². The van der Waals surface area contributed by atoms with E-state index >= 15 is 0 Å². The smallest absolute Gasteiger partial charge is 0.0641 e. The molecule has 0 fully saturated rings. The minimum absolute atomic E-state index is 0.290. The zero-order valence-corrected chi connectivity index (χ0v) is 12.4. The molecule has 1 atom stereocenters. The molecule has 1 unspecified atom stereocenters. The van der Waals surface area contributed by atoms with Crippen molar-refractivity contribution in [2.45, 2.75) is 46.8 Å². The van der Waals surface area contributed by atoms with Crippen LogP contribution in [0.5, 0.6) is 0 Å². The SMILES string of the molecule is CCn1ncc(CNC(C)c2cn(C)nc2C)c1C. The van der Waals surface area contributed by atoms with Crippen LogP contribution in [0.4, 0.5) is 0 Å².